The molecule has 1 unspecified atom stereocenters. The average molecular weight is 455 g/mol. The van der Waals surface area contributed by atoms with Crippen LogP contribution in [0.25, 0.3) is 0 Å². The molecule has 33 heavy (non-hydrogen) atoms. The lowest BCUT2D eigenvalue weighted by atomic mass is 9.89. The molecule has 2 fully saturated rings. The predicted molar refractivity (Wildman–Crippen MR) is 125 cm³/mol. The van der Waals surface area contributed by atoms with E-state index in [1.165, 1.54) is 31.0 Å². The third-order valence-electron chi connectivity index (χ3n) is 7.44. The van der Waals surface area contributed by atoms with E-state index in [0.29, 0.717) is 38.0 Å². The molecule has 1 saturated carbocycles. The number of ether oxygens (including phenoxy) is 1. The Hall–Kier alpha value is -2.25. The lowest BCUT2D eigenvalue weighted by molar-refractivity contribution is 0.0124. The molecular weight excluding hydrogens is 419 g/mol. The first-order valence-corrected chi connectivity index (χ1v) is 12.7. The molecule has 1 aromatic carbocycles. The van der Waals surface area contributed by atoms with Crippen LogP contribution in [0.3, 0.4) is 0 Å². The van der Waals surface area contributed by atoms with Gasteiger partial charge in [-0.1, -0.05) is 37.8 Å². The van der Waals surface area contributed by atoms with E-state index in [-0.39, 0.29) is 17.6 Å². The molecule has 0 radical (unpaired) electrons. The van der Waals surface area contributed by atoms with Gasteiger partial charge in [-0.05, 0) is 56.2 Å². The Morgan fingerprint density at radius 3 is 2.67 bits per heavy atom. The molecule has 6 nitrogen and oxygen atoms in total. The van der Waals surface area contributed by atoms with E-state index in [1.54, 1.807) is 12.1 Å². The normalized spacial score (nSPS) is 22.5. The van der Waals surface area contributed by atoms with Crippen LogP contribution in [-0.4, -0.2) is 47.0 Å². The largest absolute Gasteiger partial charge is 0.379 e. The fourth-order valence-corrected chi connectivity index (χ4v) is 5.80. The molecule has 1 aromatic heterocycles. The summed E-state index contributed by atoms with van der Waals surface area (Å²) >= 11 is 0. The summed E-state index contributed by atoms with van der Waals surface area (Å²) in [5.74, 6) is -0.0366. The molecule has 1 N–H and O–H groups in total. The number of hydrazine groups is 1. The number of amides is 1. The second kappa shape index (κ2) is 10.3. The molecule has 2 aromatic rings. The number of nitrogens with zero attached hydrogens (tertiary/aromatic N) is 3. The van der Waals surface area contributed by atoms with Crippen LogP contribution in [0.2, 0.25) is 0 Å². The van der Waals surface area contributed by atoms with E-state index in [0.717, 1.165) is 56.1 Å². The number of halogens is 1. The molecule has 1 saturated heterocycles. The fourth-order valence-electron chi connectivity index (χ4n) is 5.80. The Labute approximate surface area is 195 Å². The molecule has 1 aliphatic heterocycles. The van der Waals surface area contributed by atoms with Gasteiger partial charge in [-0.3, -0.25) is 14.9 Å². The molecule has 178 valence electrons. The highest BCUT2D eigenvalue weighted by molar-refractivity contribution is 5.93. The summed E-state index contributed by atoms with van der Waals surface area (Å²) in [5.41, 5.74) is 7.04. The minimum absolute atomic E-state index is 0.103. The number of benzene rings is 1. The van der Waals surface area contributed by atoms with Crippen LogP contribution in [0, 0.1) is 5.82 Å². The first-order valence-electron chi connectivity index (χ1n) is 12.7. The number of morpholine rings is 1. The van der Waals surface area contributed by atoms with E-state index in [9.17, 15) is 9.18 Å². The first kappa shape index (κ1) is 22.5. The molecular formula is C26H35FN4O2. The quantitative estimate of drug-likeness (QED) is 0.673. The zero-order valence-corrected chi connectivity index (χ0v) is 19.4. The topological polar surface area (TPSA) is 59.4 Å². The van der Waals surface area contributed by atoms with Gasteiger partial charge in [0, 0.05) is 30.3 Å². The second-order valence-corrected chi connectivity index (χ2v) is 9.77. The number of hydrogen-bond acceptors (Lipinski definition) is 4. The minimum atomic E-state index is -0.187. The van der Waals surface area contributed by atoms with Crippen molar-refractivity contribution in [1.29, 1.82) is 0 Å². The molecule has 1 atom stereocenters. The number of carbonyl (C=O) groups excluding carboxylic acids is 1. The number of aromatic nitrogens is 2. The summed E-state index contributed by atoms with van der Waals surface area (Å²) in [7, 11) is 0. The van der Waals surface area contributed by atoms with Crippen LogP contribution in [0.4, 0.5) is 4.39 Å². The maximum Gasteiger partial charge on any atom is 0.286 e. The van der Waals surface area contributed by atoms with Crippen LogP contribution in [0.5, 0.6) is 0 Å². The zero-order chi connectivity index (χ0) is 22.6. The number of carbonyl (C=O) groups is 1. The minimum Gasteiger partial charge on any atom is -0.379 e. The lowest BCUT2D eigenvalue weighted by Crippen LogP contribution is -2.48. The van der Waals surface area contributed by atoms with Gasteiger partial charge in [0.2, 0.25) is 0 Å². The monoisotopic (exact) mass is 454 g/mol. The van der Waals surface area contributed by atoms with Gasteiger partial charge in [0.25, 0.3) is 5.91 Å². The predicted octanol–water partition coefficient (Wildman–Crippen LogP) is 4.56. The molecule has 2 aliphatic carbocycles. The first-order chi connectivity index (χ1) is 16.2. The van der Waals surface area contributed by atoms with Gasteiger partial charge < -0.3 is 4.74 Å². The second-order valence-electron chi connectivity index (χ2n) is 9.77. The number of fused-ring (bicyclic) bond motifs is 1. The van der Waals surface area contributed by atoms with Crippen molar-refractivity contribution in [3.63, 3.8) is 0 Å². The van der Waals surface area contributed by atoms with Crippen LogP contribution in [0.1, 0.15) is 90.6 Å². The summed E-state index contributed by atoms with van der Waals surface area (Å²) in [6.45, 7) is 2.65. The van der Waals surface area contributed by atoms with Crippen LogP contribution in [-0.2, 0) is 17.6 Å². The highest BCUT2D eigenvalue weighted by atomic mass is 19.1. The Balaban J connectivity index is 1.50. The number of hydrogen-bond donors (Lipinski definition) is 1. The maximum atomic E-state index is 13.9. The van der Waals surface area contributed by atoms with E-state index >= 15 is 0 Å². The zero-order valence-electron chi connectivity index (χ0n) is 19.4. The lowest BCUT2D eigenvalue weighted by Gasteiger charge is -2.27. The molecule has 7 heteroatoms. The summed E-state index contributed by atoms with van der Waals surface area (Å²) in [4.78, 5) is 13.4. The van der Waals surface area contributed by atoms with Crippen LogP contribution in [0.15, 0.2) is 24.3 Å². The van der Waals surface area contributed by atoms with Crippen molar-refractivity contribution < 1.29 is 13.9 Å². The van der Waals surface area contributed by atoms with Crippen molar-refractivity contribution in [2.75, 3.05) is 26.3 Å². The maximum absolute atomic E-state index is 13.9. The SMILES string of the molecule is O=C(NN1CCOCC1)c1nn(C2CCCCC2)c2c1CCCCC2Cc1cccc(F)c1. The van der Waals surface area contributed by atoms with E-state index in [1.807, 2.05) is 11.1 Å². The van der Waals surface area contributed by atoms with Crippen molar-refractivity contribution in [2.45, 2.75) is 76.2 Å². The highest BCUT2D eigenvalue weighted by Crippen LogP contribution is 2.39. The van der Waals surface area contributed by atoms with Gasteiger partial charge >= 0.3 is 0 Å². The molecule has 0 spiro atoms. The van der Waals surface area contributed by atoms with Crippen molar-refractivity contribution in [1.82, 2.24) is 20.2 Å². The summed E-state index contributed by atoms with van der Waals surface area (Å²) in [6.07, 6.45) is 10.8. The summed E-state index contributed by atoms with van der Waals surface area (Å²) in [5, 5.41) is 6.95. The van der Waals surface area contributed by atoms with Crippen molar-refractivity contribution >= 4 is 5.91 Å². The third-order valence-corrected chi connectivity index (χ3v) is 7.44. The Kier molecular flexibility index (Phi) is 7.07. The summed E-state index contributed by atoms with van der Waals surface area (Å²) in [6, 6.07) is 7.31. The Bertz CT molecular complexity index is 963. The molecule has 3 aliphatic rings. The van der Waals surface area contributed by atoms with E-state index < -0.39 is 0 Å². The molecule has 5 rings (SSSR count). The number of rotatable bonds is 5. The van der Waals surface area contributed by atoms with Crippen LogP contribution < -0.4 is 5.43 Å². The van der Waals surface area contributed by atoms with Gasteiger partial charge in [-0.15, -0.1) is 0 Å². The van der Waals surface area contributed by atoms with Crippen LogP contribution >= 0.6 is 0 Å². The van der Waals surface area contributed by atoms with E-state index in [2.05, 4.69) is 10.1 Å². The molecule has 0 bridgehead atoms. The standard InChI is InChI=1S/C26H35FN4O2/c27-21-9-6-7-19(18-21)17-20-8-4-5-12-23-24(26(32)29-30-13-15-33-16-14-30)28-31(25(20)23)22-10-2-1-3-11-22/h6-7,9,18,20,22H,1-5,8,10-17H2,(H,29,32). The van der Waals surface area contributed by atoms with Gasteiger partial charge in [0.15, 0.2) is 5.69 Å². The van der Waals surface area contributed by atoms with Gasteiger partial charge in [-0.2, -0.15) is 5.10 Å². The third kappa shape index (κ3) is 5.14. The van der Waals surface area contributed by atoms with Gasteiger partial charge in [0.1, 0.15) is 5.82 Å². The molecule has 2 heterocycles. The number of nitrogens with one attached hydrogen (secondary N) is 1. The fraction of sp³-hybridized carbons (Fsp3) is 0.615. The Morgan fingerprint density at radius 1 is 1.09 bits per heavy atom. The van der Waals surface area contributed by atoms with Crippen molar-refractivity contribution in [3.05, 3.63) is 52.6 Å². The molecule has 1 amide bonds. The Morgan fingerprint density at radius 2 is 1.88 bits per heavy atom. The van der Waals surface area contributed by atoms with Gasteiger partial charge in [-0.25, -0.2) is 9.40 Å². The van der Waals surface area contributed by atoms with Crippen molar-refractivity contribution in [3.8, 4) is 0 Å². The van der Waals surface area contributed by atoms with Crippen molar-refractivity contribution in [2.24, 2.45) is 0 Å². The average Bonchev–Trinajstić information content (AvgIpc) is 3.10. The van der Waals surface area contributed by atoms with Gasteiger partial charge in [0.05, 0.1) is 19.3 Å². The highest BCUT2D eigenvalue weighted by Gasteiger charge is 2.33. The van der Waals surface area contributed by atoms with E-state index in [4.69, 9.17) is 9.84 Å². The smallest absolute Gasteiger partial charge is 0.286 e. The summed E-state index contributed by atoms with van der Waals surface area (Å²) < 4.78 is 21.6.